The van der Waals surface area contributed by atoms with E-state index in [1.165, 1.54) is 0 Å². The zero-order valence-electron chi connectivity index (χ0n) is 6.04. The quantitative estimate of drug-likeness (QED) is 0.666. The van der Waals surface area contributed by atoms with Crippen LogP contribution in [-0.4, -0.2) is 22.6 Å². The highest BCUT2D eigenvalue weighted by Gasteiger charge is 2.31. The fourth-order valence-corrected chi connectivity index (χ4v) is 2.47. The largest absolute Gasteiger partial charge is 0.481 e. The highest BCUT2D eigenvalue weighted by atomic mass is 32.2. The third-order valence-electron chi connectivity index (χ3n) is 2.07. The van der Waals surface area contributed by atoms with Crippen LogP contribution in [0, 0.1) is 5.92 Å². The molecule has 1 saturated carbocycles. The highest BCUT2D eigenvalue weighted by molar-refractivity contribution is 7.99. The summed E-state index contributed by atoms with van der Waals surface area (Å²) in [4.78, 5) is 10.6. The van der Waals surface area contributed by atoms with Crippen LogP contribution in [0.3, 0.4) is 0 Å². The van der Waals surface area contributed by atoms with E-state index >= 15 is 0 Å². The zero-order valence-corrected chi connectivity index (χ0v) is 6.86. The highest BCUT2D eigenvalue weighted by Crippen LogP contribution is 2.33. The summed E-state index contributed by atoms with van der Waals surface area (Å²) in [5.41, 5.74) is 0. The summed E-state index contributed by atoms with van der Waals surface area (Å²) < 4.78 is 0. The van der Waals surface area contributed by atoms with Gasteiger partial charge in [0.2, 0.25) is 0 Å². The van der Waals surface area contributed by atoms with Crippen LogP contribution in [0.4, 0.5) is 0 Å². The Balaban J connectivity index is 2.50. The number of aliphatic carboxylic acids is 1. The van der Waals surface area contributed by atoms with E-state index in [1.807, 2.05) is 6.26 Å². The zero-order chi connectivity index (χ0) is 7.56. The molecule has 0 aliphatic heterocycles. The number of hydrogen-bond acceptors (Lipinski definition) is 2. The second kappa shape index (κ2) is 3.28. The first kappa shape index (κ1) is 7.92. The van der Waals surface area contributed by atoms with E-state index in [4.69, 9.17) is 5.11 Å². The van der Waals surface area contributed by atoms with Gasteiger partial charge in [-0.25, -0.2) is 0 Å². The van der Waals surface area contributed by atoms with E-state index in [2.05, 4.69) is 0 Å². The molecule has 0 aromatic carbocycles. The van der Waals surface area contributed by atoms with Gasteiger partial charge < -0.3 is 5.11 Å². The van der Waals surface area contributed by atoms with E-state index in [-0.39, 0.29) is 5.92 Å². The van der Waals surface area contributed by atoms with Crippen LogP contribution in [0.15, 0.2) is 0 Å². The van der Waals surface area contributed by atoms with Gasteiger partial charge in [-0.05, 0) is 19.1 Å². The van der Waals surface area contributed by atoms with E-state index in [0.29, 0.717) is 5.25 Å². The van der Waals surface area contributed by atoms with Crippen molar-refractivity contribution in [3.63, 3.8) is 0 Å². The molecule has 1 aliphatic rings. The molecular formula is C7H12O2S. The Morgan fingerprint density at radius 2 is 2.30 bits per heavy atom. The summed E-state index contributed by atoms with van der Waals surface area (Å²) in [7, 11) is 0. The summed E-state index contributed by atoms with van der Waals surface area (Å²) in [5, 5.41) is 9.07. The molecule has 0 aromatic rings. The molecule has 0 heterocycles. The molecule has 2 nitrogen and oxygen atoms in total. The third-order valence-corrected chi connectivity index (χ3v) is 3.24. The lowest BCUT2D eigenvalue weighted by atomic mass is 10.1. The first-order valence-corrected chi connectivity index (χ1v) is 4.80. The lowest BCUT2D eigenvalue weighted by Crippen LogP contribution is -2.19. The SMILES string of the molecule is CS[C@H]1CCC[C@H]1C(=O)O. The molecule has 0 bridgehead atoms. The van der Waals surface area contributed by atoms with Gasteiger partial charge in [0.1, 0.15) is 0 Å². The van der Waals surface area contributed by atoms with Crippen molar-refractivity contribution in [3.05, 3.63) is 0 Å². The second-order valence-electron chi connectivity index (χ2n) is 2.65. The topological polar surface area (TPSA) is 37.3 Å². The molecule has 0 spiro atoms. The molecule has 58 valence electrons. The Morgan fingerprint density at radius 1 is 1.60 bits per heavy atom. The van der Waals surface area contributed by atoms with E-state index in [9.17, 15) is 4.79 Å². The summed E-state index contributed by atoms with van der Waals surface area (Å²) in [6.45, 7) is 0. The Bertz CT molecular complexity index is 136. The average Bonchev–Trinajstić information content (AvgIpc) is 2.33. The van der Waals surface area contributed by atoms with Gasteiger partial charge in [-0.15, -0.1) is 0 Å². The molecule has 1 fully saturated rings. The molecule has 1 rings (SSSR count). The molecule has 2 atom stereocenters. The number of carbonyl (C=O) groups is 1. The van der Waals surface area contributed by atoms with Gasteiger partial charge in [-0.2, -0.15) is 11.8 Å². The van der Waals surface area contributed by atoms with Gasteiger partial charge >= 0.3 is 5.97 Å². The van der Waals surface area contributed by atoms with Crippen LogP contribution in [0.1, 0.15) is 19.3 Å². The maximum atomic E-state index is 10.6. The fourth-order valence-electron chi connectivity index (χ4n) is 1.49. The smallest absolute Gasteiger partial charge is 0.307 e. The van der Waals surface area contributed by atoms with Crippen LogP contribution in [0.2, 0.25) is 0 Å². The summed E-state index contributed by atoms with van der Waals surface area (Å²) in [6.07, 6.45) is 5.04. The molecule has 0 radical (unpaired) electrons. The standard InChI is InChI=1S/C7H12O2S/c1-10-6-4-2-3-5(6)7(8)9/h5-6H,2-4H2,1H3,(H,8,9)/t5-,6+/m1/s1. The molecule has 0 saturated heterocycles. The van der Waals surface area contributed by atoms with Crippen molar-refractivity contribution in [2.45, 2.75) is 24.5 Å². The van der Waals surface area contributed by atoms with Crippen molar-refractivity contribution in [2.24, 2.45) is 5.92 Å². The lowest BCUT2D eigenvalue weighted by Gasteiger charge is -2.11. The van der Waals surface area contributed by atoms with Crippen LogP contribution >= 0.6 is 11.8 Å². The maximum absolute atomic E-state index is 10.6. The van der Waals surface area contributed by atoms with Crippen molar-refractivity contribution in [1.29, 1.82) is 0 Å². The van der Waals surface area contributed by atoms with Gasteiger partial charge in [-0.3, -0.25) is 4.79 Å². The van der Waals surface area contributed by atoms with Crippen molar-refractivity contribution in [1.82, 2.24) is 0 Å². The molecular weight excluding hydrogens is 148 g/mol. The first-order valence-electron chi connectivity index (χ1n) is 3.51. The lowest BCUT2D eigenvalue weighted by molar-refractivity contribution is -0.141. The number of hydrogen-bond donors (Lipinski definition) is 1. The van der Waals surface area contributed by atoms with Gasteiger partial charge in [-0.1, -0.05) is 6.42 Å². The van der Waals surface area contributed by atoms with E-state index < -0.39 is 5.97 Å². The predicted molar refractivity (Wildman–Crippen MR) is 42.3 cm³/mol. The van der Waals surface area contributed by atoms with Crippen LogP contribution in [0.25, 0.3) is 0 Å². The minimum absolute atomic E-state index is 0.0741. The minimum Gasteiger partial charge on any atom is -0.481 e. The van der Waals surface area contributed by atoms with Crippen molar-refractivity contribution in [3.8, 4) is 0 Å². The van der Waals surface area contributed by atoms with Gasteiger partial charge in [0, 0.05) is 5.25 Å². The fraction of sp³-hybridized carbons (Fsp3) is 0.857. The average molecular weight is 160 g/mol. The summed E-state index contributed by atoms with van der Waals surface area (Å²) >= 11 is 1.69. The molecule has 0 unspecified atom stereocenters. The molecule has 0 aromatic heterocycles. The monoisotopic (exact) mass is 160 g/mol. The van der Waals surface area contributed by atoms with Crippen molar-refractivity contribution in [2.75, 3.05) is 6.26 Å². The normalized spacial score (nSPS) is 32.5. The maximum Gasteiger partial charge on any atom is 0.307 e. The first-order chi connectivity index (χ1) is 4.75. The van der Waals surface area contributed by atoms with Gasteiger partial charge in [0.05, 0.1) is 5.92 Å². The van der Waals surface area contributed by atoms with Crippen molar-refractivity contribution >= 4 is 17.7 Å². The molecule has 0 amide bonds. The van der Waals surface area contributed by atoms with Crippen LogP contribution < -0.4 is 0 Å². The molecule has 1 aliphatic carbocycles. The minimum atomic E-state index is -0.614. The van der Waals surface area contributed by atoms with Crippen LogP contribution in [0.5, 0.6) is 0 Å². The van der Waals surface area contributed by atoms with Crippen molar-refractivity contribution < 1.29 is 9.90 Å². The number of carboxylic acid groups (broad SMARTS) is 1. The Kier molecular flexibility index (Phi) is 2.60. The third kappa shape index (κ3) is 1.45. The Labute approximate surface area is 65.0 Å². The Hall–Kier alpha value is -0.180. The predicted octanol–water partition coefficient (Wildman–Crippen LogP) is 1.60. The molecule has 3 heteroatoms. The van der Waals surface area contributed by atoms with E-state index in [0.717, 1.165) is 19.3 Å². The van der Waals surface area contributed by atoms with Crippen LogP contribution in [-0.2, 0) is 4.79 Å². The van der Waals surface area contributed by atoms with Gasteiger partial charge in [0.25, 0.3) is 0 Å². The molecule has 10 heavy (non-hydrogen) atoms. The Morgan fingerprint density at radius 3 is 2.70 bits per heavy atom. The summed E-state index contributed by atoms with van der Waals surface area (Å²) in [5.74, 6) is -0.688. The number of rotatable bonds is 2. The molecule has 1 N–H and O–H groups in total. The van der Waals surface area contributed by atoms with E-state index in [1.54, 1.807) is 11.8 Å². The number of thioether (sulfide) groups is 1. The summed E-state index contributed by atoms with van der Waals surface area (Å²) in [6, 6.07) is 0. The van der Waals surface area contributed by atoms with Gasteiger partial charge in [0.15, 0.2) is 0 Å². The second-order valence-corrected chi connectivity index (χ2v) is 3.73. The number of carboxylic acids is 1.